The van der Waals surface area contributed by atoms with Crippen LogP contribution in [-0.2, 0) is 7.05 Å². The van der Waals surface area contributed by atoms with Gasteiger partial charge in [0.1, 0.15) is 5.69 Å². The number of aromatic amines is 1. The van der Waals surface area contributed by atoms with Gasteiger partial charge in [0, 0.05) is 31.2 Å². The van der Waals surface area contributed by atoms with Crippen molar-refractivity contribution in [1.82, 2.24) is 14.5 Å². The van der Waals surface area contributed by atoms with E-state index in [1.807, 2.05) is 23.1 Å². The number of hydrogen-bond donors (Lipinski definition) is 1. The minimum absolute atomic E-state index is 0.110. The zero-order valence-corrected chi connectivity index (χ0v) is 13.2. The highest BCUT2D eigenvalue weighted by atomic mass is 16.2. The molecule has 3 rings (SSSR count). The Morgan fingerprint density at radius 2 is 1.95 bits per heavy atom. The smallest absolute Gasteiger partial charge is 0.325 e. The number of H-pyrrole nitrogens is 1. The molecule has 1 N–H and O–H groups in total. The summed E-state index contributed by atoms with van der Waals surface area (Å²) in [6.07, 6.45) is 2.48. The topological polar surface area (TPSA) is 58.1 Å². The molecule has 5 heteroatoms. The Balaban J connectivity index is 1.87. The van der Waals surface area contributed by atoms with E-state index in [-0.39, 0.29) is 17.1 Å². The van der Waals surface area contributed by atoms with E-state index in [2.05, 4.69) is 31.0 Å². The number of carbonyl (C=O) groups excluding carboxylic acids is 1. The van der Waals surface area contributed by atoms with Crippen LogP contribution >= 0.6 is 0 Å². The molecule has 1 amide bonds. The standard InChI is InChI=1S/C17H21N3O2/c1-17(2)9-13(12-7-5-4-6-8-12)10-20(17)15(21)14-11-19(3)16(22)18-14/h4-8,11,13H,9-10H2,1-3H3,(H,18,22). The average molecular weight is 299 g/mol. The van der Waals surface area contributed by atoms with Crippen molar-refractivity contribution in [3.05, 3.63) is 58.3 Å². The molecule has 1 saturated heterocycles. The van der Waals surface area contributed by atoms with Crippen molar-refractivity contribution in [2.24, 2.45) is 7.05 Å². The van der Waals surface area contributed by atoms with E-state index in [9.17, 15) is 9.59 Å². The fourth-order valence-corrected chi connectivity index (χ4v) is 3.29. The van der Waals surface area contributed by atoms with Crippen LogP contribution in [0, 0.1) is 0 Å². The Morgan fingerprint density at radius 1 is 1.27 bits per heavy atom. The number of hydrogen-bond acceptors (Lipinski definition) is 2. The zero-order valence-electron chi connectivity index (χ0n) is 13.2. The number of likely N-dealkylation sites (tertiary alicyclic amines) is 1. The molecule has 0 bridgehead atoms. The van der Waals surface area contributed by atoms with Crippen molar-refractivity contribution in [2.75, 3.05) is 6.54 Å². The second kappa shape index (κ2) is 5.16. The summed E-state index contributed by atoms with van der Waals surface area (Å²) < 4.78 is 1.39. The van der Waals surface area contributed by atoms with Gasteiger partial charge in [0.2, 0.25) is 0 Å². The minimum atomic E-state index is -0.264. The van der Waals surface area contributed by atoms with Crippen LogP contribution in [0.3, 0.4) is 0 Å². The number of carbonyl (C=O) groups is 1. The largest absolute Gasteiger partial charge is 0.332 e. The van der Waals surface area contributed by atoms with E-state index in [1.54, 1.807) is 13.2 Å². The van der Waals surface area contributed by atoms with E-state index < -0.39 is 0 Å². The Bertz CT molecular complexity index is 743. The van der Waals surface area contributed by atoms with Gasteiger partial charge in [-0.3, -0.25) is 4.79 Å². The maximum Gasteiger partial charge on any atom is 0.325 e. The van der Waals surface area contributed by atoms with Crippen molar-refractivity contribution in [2.45, 2.75) is 31.7 Å². The van der Waals surface area contributed by atoms with Gasteiger partial charge in [-0.25, -0.2) is 4.79 Å². The average Bonchev–Trinajstić information content (AvgIpc) is 2.99. The number of imidazole rings is 1. The fourth-order valence-electron chi connectivity index (χ4n) is 3.29. The van der Waals surface area contributed by atoms with Gasteiger partial charge in [-0.05, 0) is 25.8 Å². The first kappa shape index (κ1) is 14.6. The molecule has 1 fully saturated rings. The SMILES string of the molecule is Cn1cc(C(=O)N2CC(c3ccccc3)CC2(C)C)[nH]c1=O. The maximum absolute atomic E-state index is 12.7. The molecule has 1 aromatic heterocycles. The third-order valence-corrected chi connectivity index (χ3v) is 4.51. The number of amides is 1. The lowest BCUT2D eigenvalue weighted by Crippen LogP contribution is -2.42. The van der Waals surface area contributed by atoms with Crippen molar-refractivity contribution in [3.63, 3.8) is 0 Å². The highest BCUT2D eigenvalue weighted by Gasteiger charge is 2.42. The molecule has 2 heterocycles. The van der Waals surface area contributed by atoms with Crippen LogP contribution in [0.15, 0.2) is 41.3 Å². The van der Waals surface area contributed by atoms with Crippen LogP contribution < -0.4 is 5.69 Å². The summed E-state index contributed by atoms with van der Waals surface area (Å²) in [4.78, 5) is 28.8. The van der Waals surface area contributed by atoms with Gasteiger partial charge in [-0.15, -0.1) is 0 Å². The molecule has 1 unspecified atom stereocenters. The van der Waals surface area contributed by atoms with E-state index in [4.69, 9.17) is 0 Å². The van der Waals surface area contributed by atoms with Crippen LogP contribution in [0.5, 0.6) is 0 Å². The molecule has 0 aliphatic carbocycles. The first-order valence-electron chi connectivity index (χ1n) is 7.51. The summed E-state index contributed by atoms with van der Waals surface area (Å²) in [6.45, 7) is 4.83. The van der Waals surface area contributed by atoms with Gasteiger partial charge in [-0.2, -0.15) is 0 Å². The third kappa shape index (κ3) is 2.47. The molecule has 1 aliphatic rings. The highest BCUT2D eigenvalue weighted by molar-refractivity contribution is 5.93. The molecule has 1 aliphatic heterocycles. The highest BCUT2D eigenvalue weighted by Crippen LogP contribution is 2.39. The van der Waals surface area contributed by atoms with Crippen molar-refractivity contribution in [1.29, 1.82) is 0 Å². The molecule has 0 saturated carbocycles. The number of benzene rings is 1. The van der Waals surface area contributed by atoms with Gasteiger partial charge < -0.3 is 14.5 Å². The monoisotopic (exact) mass is 299 g/mol. The Hall–Kier alpha value is -2.30. The summed E-state index contributed by atoms with van der Waals surface area (Å²) in [5.74, 6) is 0.219. The molecule has 2 aromatic rings. The van der Waals surface area contributed by atoms with Crippen molar-refractivity contribution in [3.8, 4) is 0 Å². The van der Waals surface area contributed by atoms with Crippen LogP contribution in [0.1, 0.15) is 42.2 Å². The molecule has 116 valence electrons. The Kier molecular flexibility index (Phi) is 3.43. The molecule has 22 heavy (non-hydrogen) atoms. The lowest BCUT2D eigenvalue weighted by molar-refractivity contribution is 0.0645. The molecule has 5 nitrogen and oxygen atoms in total. The second-order valence-corrected chi connectivity index (χ2v) is 6.62. The number of nitrogens with zero attached hydrogens (tertiary/aromatic N) is 2. The zero-order chi connectivity index (χ0) is 15.9. The molecule has 0 radical (unpaired) electrons. The van der Waals surface area contributed by atoms with Gasteiger partial charge in [0.25, 0.3) is 5.91 Å². The van der Waals surface area contributed by atoms with E-state index in [1.165, 1.54) is 10.1 Å². The van der Waals surface area contributed by atoms with E-state index >= 15 is 0 Å². The maximum atomic E-state index is 12.7. The van der Waals surface area contributed by atoms with Crippen LogP contribution in [0.2, 0.25) is 0 Å². The van der Waals surface area contributed by atoms with Crippen LogP contribution in [0.4, 0.5) is 0 Å². The van der Waals surface area contributed by atoms with Gasteiger partial charge in [0.05, 0.1) is 0 Å². The Morgan fingerprint density at radius 3 is 2.55 bits per heavy atom. The summed E-state index contributed by atoms with van der Waals surface area (Å²) in [5.41, 5.74) is 1.12. The third-order valence-electron chi connectivity index (χ3n) is 4.51. The molecular weight excluding hydrogens is 278 g/mol. The summed E-state index contributed by atoms with van der Waals surface area (Å²) in [6, 6.07) is 10.3. The molecule has 0 spiro atoms. The van der Waals surface area contributed by atoms with Gasteiger partial charge >= 0.3 is 5.69 Å². The lowest BCUT2D eigenvalue weighted by Gasteiger charge is -2.30. The van der Waals surface area contributed by atoms with Crippen molar-refractivity contribution < 1.29 is 4.79 Å². The number of aromatic nitrogens is 2. The predicted octanol–water partition coefficient (Wildman–Crippen LogP) is 2.12. The predicted molar refractivity (Wildman–Crippen MR) is 84.9 cm³/mol. The first-order chi connectivity index (χ1) is 10.4. The quantitative estimate of drug-likeness (QED) is 0.923. The van der Waals surface area contributed by atoms with Gasteiger partial charge in [-0.1, -0.05) is 30.3 Å². The molecule has 1 atom stereocenters. The van der Waals surface area contributed by atoms with E-state index in [0.29, 0.717) is 18.2 Å². The van der Waals surface area contributed by atoms with Crippen LogP contribution in [-0.4, -0.2) is 32.4 Å². The normalized spacial score (nSPS) is 20.3. The molecule has 1 aromatic carbocycles. The van der Waals surface area contributed by atoms with Crippen LogP contribution in [0.25, 0.3) is 0 Å². The number of rotatable bonds is 2. The first-order valence-corrected chi connectivity index (χ1v) is 7.51. The minimum Gasteiger partial charge on any atom is -0.332 e. The second-order valence-electron chi connectivity index (χ2n) is 6.62. The number of aryl methyl sites for hydroxylation is 1. The summed E-state index contributed by atoms with van der Waals surface area (Å²) in [7, 11) is 1.64. The lowest BCUT2D eigenvalue weighted by atomic mass is 9.91. The fraction of sp³-hybridized carbons (Fsp3) is 0.412. The summed E-state index contributed by atoms with van der Waals surface area (Å²) in [5, 5.41) is 0. The Labute approximate surface area is 129 Å². The summed E-state index contributed by atoms with van der Waals surface area (Å²) >= 11 is 0. The molecular formula is C17H21N3O2. The van der Waals surface area contributed by atoms with E-state index in [0.717, 1.165) is 6.42 Å². The number of nitrogens with one attached hydrogen (secondary N) is 1. The van der Waals surface area contributed by atoms with Gasteiger partial charge in [0.15, 0.2) is 0 Å². The van der Waals surface area contributed by atoms with Crippen molar-refractivity contribution >= 4 is 5.91 Å².